The molecule has 0 aliphatic rings. The fourth-order valence-electron chi connectivity index (χ4n) is 3.40. The van der Waals surface area contributed by atoms with Crippen LogP contribution in [0.15, 0.2) is 96.0 Å². The predicted molar refractivity (Wildman–Crippen MR) is 137 cm³/mol. The fourth-order valence-corrected chi connectivity index (χ4v) is 4.42. The van der Waals surface area contributed by atoms with Gasteiger partial charge in [0.05, 0.1) is 5.25 Å². The van der Waals surface area contributed by atoms with Crippen molar-refractivity contribution in [3.63, 3.8) is 0 Å². The Morgan fingerprint density at radius 2 is 1.76 bits per heavy atom. The first kappa shape index (κ1) is 22.4. The van der Waals surface area contributed by atoms with Crippen molar-refractivity contribution in [3.05, 3.63) is 96.7 Å². The number of amides is 2. The van der Waals surface area contributed by atoms with Crippen molar-refractivity contribution in [2.75, 3.05) is 10.6 Å². The Hall–Kier alpha value is -3.77. The highest BCUT2D eigenvalue weighted by Crippen LogP contribution is 2.29. The number of carbonyl (C=O) groups excluding carboxylic acids is 2. The molecule has 0 bridgehead atoms. The lowest BCUT2D eigenvalue weighted by Gasteiger charge is -2.15. The summed E-state index contributed by atoms with van der Waals surface area (Å²) in [5.74, 6) is -0.251. The smallest absolute Gasteiger partial charge is 0.248 e. The summed E-state index contributed by atoms with van der Waals surface area (Å²) in [7, 11) is 0. The van der Waals surface area contributed by atoms with E-state index in [2.05, 4.69) is 15.6 Å². The first-order valence-corrected chi connectivity index (χ1v) is 11.7. The number of thioether (sulfide) groups is 1. The maximum atomic E-state index is 12.9. The summed E-state index contributed by atoms with van der Waals surface area (Å²) in [5, 5.41) is 6.75. The van der Waals surface area contributed by atoms with Crippen LogP contribution in [0.1, 0.15) is 18.9 Å². The van der Waals surface area contributed by atoms with Crippen LogP contribution in [0.2, 0.25) is 0 Å². The largest absolute Gasteiger partial charge is 0.361 e. The molecule has 2 amide bonds. The van der Waals surface area contributed by atoms with Gasteiger partial charge in [-0.2, -0.15) is 0 Å². The molecule has 0 fully saturated rings. The highest BCUT2D eigenvalue weighted by atomic mass is 32.2. The lowest BCUT2D eigenvalue weighted by atomic mass is 10.2. The highest BCUT2D eigenvalue weighted by molar-refractivity contribution is 8.00. The van der Waals surface area contributed by atoms with Gasteiger partial charge in [-0.25, -0.2) is 0 Å². The van der Waals surface area contributed by atoms with E-state index in [9.17, 15) is 9.59 Å². The van der Waals surface area contributed by atoms with E-state index in [1.54, 1.807) is 6.08 Å². The molecular formula is C27H25N3O2S. The number of fused-ring (bicyclic) bond motifs is 1. The van der Waals surface area contributed by atoms with E-state index in [0.29, 0.717) is 12.1 Å². The molecule has 1 heterocycles. The summed E-state index contributed by atoms with van der Waals surface area (Å²) in [6.45, 7) is 1.99. The number of benzene rings is 3. The second kappa shape index (κ2) is 10.7. The van der Waals surface area contributed by atoms with Crippen LogP contribution in [0, 0.1) is 0 Å². The SMILES string of the molecule is CCC(Sc1cccc(NC(=O)/C=C/c2ccccc2)c1)C(=O)Nc1ccc2cc[nH]c2c1. The third-order valence-electron chi connectivity index (χ3n) is 5.09. The zero-order chi connectivity index (χ0) is 23.0. The summed E-state index contributed by atoms with van der Waals surface area (Å²) < 4.78 is 0. The number of hydrogen-bond acceptors (Lipinski definition) is 3. The molecule has 0 aliphatic heterocycles. The van der Waals surface area contributed by atoms with Gasteiger partial charge in [-0.05, 0) is 59.8 Å². The fraction of sp³-hybridized carbons (Fsp3) is 0.111. The van der Waals surface area contributed by atoms with Crippen LogP contribution >= 0.6 is 11.8 Å². The number of H-pyrrole nitrogens is 1. The number of aromatic amines is 1. The summed E-state index contributed by atoms with van der Waals surface area (Å²) in [4.78, 5) is 29.3. The van der Waals surface area contributed by atoms with Crippen molar-refractivity contribution in [1.29, 1.82) is 0 Å². The Kier molecular flexibility index (Phi) is 7.27. The molecule has 0 aliphatic carbocycles. The van der Waals surface area contributed by atoms with Crippen molar-refractivity contribution < 1.29 is 9.59 Å². The predicted octanol–water partition coefficient (Wildman–Crippen LogP) is 6.33. The number of carbonyl (C=O) groups is 2. The van der Waals surface area contributed by atoms with Crippen molar-refractivity contribution in [2.24, 2.45) is 0 Å². The molecule has 0 radical (unpaired) electrons. The Balaban J connectivity index is 1.37. The third kappa shape index (κ3) is 6.14. The van der Waals surface area contributed by atoms with Crippen LogP contribution in [0.3, 0.4) is 0 Å². The Morgan fingerprint density at radius 1 is 0.939 bits per heavy atom. The van der Waals surface area contributed by atoms with Gasteiger partial charge in [0.1, 0.15) is 0 Å². The quantitative estimate of drug-likeness (QED) is 0.215. The zero-order valence-corrected chi connectivity index (χ0v) is 19.1. The van der Waals surface area contributed by atoms with Gasteiger partial charge in [0.15, 0.2) is 0 Å². The molecule has 0 spiro atoms. The Bertz CT molecular complexity index is 1280. The van der Waals surface area contributed by atoms with Crippen molar-refractivity contribution in [3.8, 4) is 0 Å². The number of nitrogens with one attached hydrogen (secondary N) is 3. The summed E-state index contributed by atoms with van der Waals surface area (Å²) in [6, 6.07) is 25.0. The highest BCUT2D eigenvalue weighted by Gasteiger charge is 2.18. The molecule has 33 heavy (non-hydrogen) atoms. The number of rotatable bonds is 8. The van der Waals surface area contributed by atoms with Gasteiger partial charge < -0.3 is 15.6 Å². The molecule has 6 heteroatoms. The van der Waals surface area contributed by atoms with Crippen molar-refractivity contribution in [2.45, 2.75) is 23.5 Å². The third-order valence-corrected chi connectivity index (χ3v) is 6.45. The lowest BCUT2D eigenvalue weighted by molar-refractivity contribution is -0.115. The van der Waals surface area contributed by atoms with Crippen LogP contribution in [0.25, 0.3) is 17.0 Å². The topological polar surface area (TPSA) is 74.0 Å². The summed E-state index contributed by atoms with van der Waals surface area (Å²) >= 11 is 1.48. The molecule has 4 aromatic rings. The van der Waals surface area contributed by atoms with Gasteiger partial charge in [-0.15, -0.1) is 11.8 Å². The first-order valence-electron chi connectivity index (χ1n) is 10.8. The molecule has 1 aromatic heterocycles. The van der Waals surface area contributed by atoms with Crippen LogP contribution < -0.4 is 10.6 Å². The zero-order valence-electron chi connectivity index (χ0n) is 18.2. The van der Waals surface area contributed by atoms with E-state index in [-0.39, 0.29) is 17.1 Å². The first-order chi connectivity index (χ1) is 16.1. The molecule has 3 N–H and O–H groups in total. The normalized spacial score (nSPS) is 12.0. The number of aromatic nitrogens is 1. The van der Waals surface area contributed by atoms with Gasteiger partial charge >= 0.3 is 0 Å². The molecule has 0 saturated carbocycles. The Labute approximate surface area is 197 Å². The molecule has 3 aromatic carbocycles. The minimum absolute atomic E-state index is 0.0476. The average Bonchev–Trinajstić information content (AvgIpc) is 3.30. The Morgan fingerprint density at radius 3 is 2.58 bits per heavy atom. The molecule has 166 valence electrons. The molecule has 4 rings (SSSR count). The minimum Gasteiger partial charge on any atom is -0.361 e. The lowest BCUT2D eigenvalue weighted by Crippen LogP contribution is -2.24. The van der Waals surface area contributed by atoms with E-state index < -0.39 is 0 Å². The van der Waals surface area contributed by atoms with Crippen LogP contribution in [0.4, 0.5) is 11.4 Å². The van der Waals surface area contributed by atoms with Gasteiger partial charge in [-0.1, -0.05) is 49.4 Å². The standard InChI is InChI=1S/C27H25N3O2S/c1-2-25(27(32)30-22-13-12-20-15-16-28-24(20)18-22)33-23-10-6-9-21(17-23)29-26(31)14-11-19-7-4-3-5-8-19/h3-18,25,28H,2H2,1H3,(H,29,31)(H,30,32)/b14-11+. The second-order valence-corrected chi connectivity index (χ2v) is 8.82. The molecule has 1 atom stereocenters. The van der Waals surface area contributed by atoms with Gasteiger partial charge in [0.25, 0.3) is 0 Å². The monoisotopic (exact) mass is 455 g/mol. The summed E-state index contributed by atoms with van der Waals surface area (Å²) in [5.41, 5.74) is 3.40. The van der Waals surface area contributed by atoms with Crippen LogP contribution in [-0.2, 0) is 9.59 Å². The minimum atomic E-state index is -0.256. The molecule has 1 unspecified atom stereocenters. The van der Waals surface area contributed by atoms with E-state index in [1.807, 2.05) is 92.0 Å². The molecular weight excluding hydrogens is 430 g/mol. The van der Waals surface area contributed by atoms with E-state index >= 15 is 0 Å². The van der Waals surface area contributed by atoms with Crippen LogP contribution in [0.5, 0.6) is 0 Å². The average molecular weight is 456 g/mol. The van der Waals surface area contributed by atoms with Gasteiger partial charge in [-0.3, -0.25) is 9.59 Å². The summed E-state index contributed by atoms with van der Waals surface area (Å²) in [6.07, 6.45) is 5.84. The van der Waals surface area contributed by atoms with Gasteiger partial charge in [0.2, 0.25) is 11.8 Å². The molecule has 0 saturated heterocycles. The second-order valence-electron chi connectivity index (χ2n) is 7.54. The maximum absolute atomic E-state index is 12.9. The molecule has 5 nitrogen and oxygen atoms in total. The van der Waals surface area contributed by atoms with Crippen LogP contribution in [-0.4, -0.2) is 22.0 Å². The van der Waals surface area contributed by atoms with Gasteiger partial charge in [0, 0.05) is 34.1 Å². The number of hydrogen-bond donors (Lipinski definition) is 3. The van der Waals surface area contributed by atoms with Crippen molar-refractivity contribution >= 4 is 51.9 Å². The van der Waals surface area contributed by atoms with E-state index in [0.717, 1.165) is 27.0 Å². The van der Waals surface area contributed by atoms with E-state index in [1.165, 1.54) is 17.8 Å². The van der Waals surface area contributed by atoms with E-state index in [4.69, 9.17) is 0 Å². The maximum Gasteiger partial charge on any atom is 0.248 e. The van der Waals surface area contributed by atoms with Crippen molar-refractivity contribution in [1.82, 2.24) is 4.98 Å². The number of anilines is 2.